The lowest BCUT2D eigenvalue weighted by Gasteiger charge is -2.41. The molecule has 2 unspecified atom stereocenters. The lowest BCUT2D eigenvalue weighted by Crippen LogP contribution is -2.54. The summed E-state index contributed by atoms with van der Waals surface area (Å²) in [5, 5.41) is 5.66. The van der Waals surface area contributed by atoms with Gasteiger partial charge in [0.2, 0.25) is 0 Å². The van der Waals surface area contributed by atoms with Gasteiger partial charge >= 0.3 is 0 Å². The van der Waals surface area contributed by atoms with Crippen molar-refractivity contribution >= 4 is 57.4 Å². The first-order valence-corrected chi connectivity index (χ1v) is 16.5. The average molecular weight is 652 g/mol. The highest BCUT2D eigenvalue weighted by Gasteiger charge is 2.39. The van der Waals surface area contributed by atoms with Crippen molar-refractivity contribution in [1.82, 2.24) is 19.7 Å². The number of carbonyl (C=O) groups is 2. The summed E-state index contributed by atoms with van der Waals surface area (Å²) in [4.78, 5) is 31.3. The number of halogens is 3. The summed E-state index contributed by atoms with van der Waals surface area (Å²) in [5.74, 6) is 0.0490. The van der Waals surface area contributed by atoms with E-state index in [-0.39, 0.29) is 11.7 Å². The van der Waals surface area contributed by atoms with Crippen LogP contribution in [0.3, 0.4) is 0 Å². The highest BCUT2D eigenvalue weighted by atomic mass is 35.5. The molecule has 1 amide bonds. The third kappa shape index (κ3) is 6.70. The summed E-state index contributed by atoms with van der Waals surface area (Å²) in [7, 11) is 0. The molecule has 1 aromatic heterocycles. The second-order valence-corrected chi connectivity index (χ2v) is 13.2. The van der Waals surface area contributed by atoms with E-state index in [1.165, 1.54) is 18.4 Å². The van der Waals surface area contributed by atoms with Crippen molar-refractivity contribution in [2.24, 2.45) is 0 Å². The number of ketones is 1. The van der Waals surface area contributed by atoms with Gasteiger partial charge < -0.3 is 9.88 Å². The lowest BCUT2D eigenvalue weighted by molar-refractivity contribution is 0.0588. The number of amides is 1. The maximum absolute atomic E-state index is 13.4. The van der Waals surface area contributed by atoms with Gasteiger partial charge in [0.15, 0.2) is 5.78 Å². The molecule has 6 nitrogen and oxygen atoms in total. The van der Waals surface area contributed by atoms with Gasteiger partial charge in [-0.25, -0.2) is 0 Å². The van der Waals surface area contributed by atoms with Gasteiger partial charge in [0, 0.05) is 67.0 Å². The van der Waals surface area contributed by atoms with E-state index >= 15 is 0 Å². The fourth-order valence-corrected chi connectivity index (χ4v) is 7.38. The molecule has 0 radical (unpaired) electrons. The van der Waals surface area contributed by atoms with Crippen LogP contribution in [-0.4, -0.2) is 64.3 Å². The molecule has 9 heteroatoms. The molecule has 1 N–H and O–H groups in total. The number of likely N-dealkylation sites (tertiary alicyclic amines) is 1. The molecule has 0 spiro atoms. The number of hydrogen-bond donors (Lipinski definition) is 1. The third-order valence-electron chi connectivity index (χ3n) is 9.10. The number of rotatable bonds is 11. The molecule has 2 fully saturated rings. The molecule has 3 aromatic carbocycles. The minimum atomic E-state index is -0.101. The van der Waals surface area contributed by atoms with Gasteiger partial charge in [0.05, 0.1) is 27.7 Å². The second-order valence-electron chi connectivity index (χ2n) is 11.9. The van der Waals surface area contributed by atoms with Crippen LogP contribution in [0.25, 0.3) is 10.9 Å². The number of aromatic nitrogens is 1. The predicted molar refractivity (Wildman–Crippen MR) is 179 cm³/mol. The van der Waals surface area contributed by atoms with Crippen LogP contribution in [0.4, 0.5) is 0 Å². The summed E-state index contributed by atoms with van der Waals surface area (Å²) in [6.45, 7) is 6.66. The molecule has 2 atom stereocenters. The fourth-order valence-electron chi connectivity index (χ4n) is 6.93. The Bertz CT molecular complexity index is 1650. The summed E-state index contributed by atoms with van der Waals surface area (Å²) >= 11 is 18.2. The first-order valence-electron chi connectivity index (χ1n) is 15.4. The van der Waals surface area contributed by atoms with E-state index in [9.17, 15) is 9.59 Å². The zero-order valence-corrected chi connectivity index (χ0v) is 27.1. The van der Waals surface area contributed by atoms with E-state index in [2.05, 4.69) is 32.7 Å². The minimum Gasteiger partial charge on any atom is -0.348 e. The van der Waals surface area contributed by atoms with Crippen LogP contribution >= 0.6 is 34.8 Å². The zero-order valence-electron chi connectivity index (χ0n) is 24.9. The topological polar surface area (TPSA) is 57.6 Å². The largest absolute Gasteiger partial charge is 0.348 e. The first kappa shape index (κ1) is 31.1. The van der Waals surface area contributed by atoms with Gasteiger partial charge in [0.1, 0.15) is 0 Å². The number of aryl methyl sites for hydroxylation is 2. The molecule has 230 valence electrons. The maximum Gasteiger partial charge on any atom is 0.253 e. The Labute approximate surface area is 273 Å². The highest BCUT2D eigenvalue weighted by molar-refractivity contribution is 6.42. The molecule has 4 aromatic rings. The summed E-state index contributed by atoms with van der Waals surface area (Å²) in [5.41, 5.74) is 4.69. The smallest absolute Gasteiger partial charge is 0.253 e. The lowest BCUT2D eigenvalue weighted by atomic mass is 10.1. The van der Waals surface area contributed by atoms with E-state index in [0.29, 0.717) is 45.8 Å². The summed E-state index contributed by atoms with van der Waals surface area (Å²) < 4.78 is 2.27. The van der Waals surface area contributed by atoms with Crippen LogP contribution in [0.5, 0.6) is 0 Å². The van der Waals surface area contributed by atoms with Gasteiger partial charge in [-0.2, -0.15) is 0 Å². The van der Waals surface area contributed by atoms with Gasteiger partial charge in [-0.3, -0.25) is 19.4 Å². The van der Waals surface area contributed by atoms with Gasteiger partial charge in [0.25, 0.3) is 5.91 Å². The number of Topliss-reactive ketones (excluding diaryl/α,β-unsaturated/α-hetero) is 1. The molecule has 2 aliphatic rings. The molecule has 2 aliphatic heterocycles. The SMILES string of the molecule is CCc1cccc2c(C(=O)NCc3ccc(Cl)c(Cl)c3)cn(CCCN3C4CCC3CN(CC(=O)c3ccc(Cl)cc3)C4)c12. The van der Waals surface area contributed by atoms with Crippen LogP contribution in [0.1, 0.15) is 58.0 Å². The second kappa shape index (κ2) is 13.6. The summed E-state index contributed by atoms with van der Waals surface area (Å²) in [6.07, 6.45) is 6.25. The number of nitrogens with one attached hydrogen (secondary N) is 1. The van der Waals surface area contributed by atoms with Crippen molar-refractivity contribution in [2.45, 2.75) is 57.8 Å². The number of carbonyl (C=O) groups excluding carboxylic acids is 2. The van der Waals surface area contributed by atoms with Crippen molar-refractivity contribution in [2.75, 3.05) is 26.2 Å². The Morgan fingerprint density at radius 3 is 2.36 bits per heavy atom. The fraction of sp³-hybridized carbons (Fsp3) is 0.371. The monoisotopic (exact) mass is 650 g/mol. The van der Waals surface area contributed by atoms with Crippen molar-refractivity contribution in [3.8, 4) is 0 Å². The van der Waals surface area contributed by atoms with Crippen LogP contribution in [0.2, 0.25) is 15.1 Å². The van der Waals surface area contributed by atoms with Crippen molar-refractivity contribution in [1.29, 1.82) is 0 Å². The quantitative estimate of drug-likeness (QED) is 0.171. The van der Waals surface area contributed by atoms with Crippen molar-refractivity contribution < 1.29 is 9.59 Å². The molecule has 6 rings (SSSR count). The number of nitrogens with zero attached hydrogens (tertiary/aromatic N) is 3. The standard InChI is InChI=1S/C35H37Cl3N4O2/c1-2-24-5-3-6-29-30(35(44)39-18-23-7-14-31(37)32(38)17-23)21-41(34(24)29)15-4-16-42-27-12-13-28(42)20-40(19-27)22-33(43)25-8-10-26(36)11-9-25/h3,5-11,14,17,21,27-28H,2,4,12-13,15-16,18-20,22H2,1H3,(H,39,44). The number of hydrogen-bond acceptors (Lipinski definition) is 4. The zero-order chi connectivity index (χ0) is 30.8. The van der Waals surface area contributed by atoms with Crippen molar-refractivity contribution in [3.63, 3.8) is 0 Å². The van der Waals surface area contributed by atoms with Crippen LogP contribution < -0.4 is 5.32 Å². The molecule has 2 bridgehead atoms. The first-order chi connectivity index (χ1) is 21.3. The maximum atomic E-state index is 13.4. The number of para-hydroxylation sites is 1. The Morgan fingerprint density at radius 1 is 0.909 bits per heavy atom. The Kier molecular flexibility index (Phi) is 9.65. The van der Waals surface area contributed by atoms with E-state index in [1.54, 1.807) is 24.3 Å². The predicted octanol–water partition coefficient (Wildman–Crippen LogP) is 7.52. The van der Waals surface area contributed by atoms with E-state index in [0.717, 1.165) is 61.1 Å². The van der Waals surface area contributed by atoms with Crippen LogP contribution in [0, 0.1) is 0 Å². The number of benzene rings is 3. The molecular weight excluding hydrogens is 615 g/mol. The van der Waals surface area contributed by atoms with E-state index in [1.807, 2.05) is 36.5 Å². The average Bonchev–Trinajstić information content (AvgIpc) is 3.51. The Morgan fingerprint density at radius 2 is 1.66 bits per heavy atom. The Hall–Kier alpha value is -2.87. The summed E-state index contributed by atoms with van der Waals surface area (Å²) in [6, 6.07) is 19.8. The van der Waals surface area contributed by atoms with Gasteiger partial charge in [-0.1, -0.05) is 66.0 Å². The molecule has 44 heavy (non-hydrogen) atoms. The number of piperazine rings is 1. The third-order valence-corrected chi connectivity index (χ3v) is 10.1. The molecular formula is C35H37Cl3N4O2. The molecule has 0 saturated carbocycles. The molecule has 0 aliphatic carbocycles. The van der Waals surface area contributed by atoms with Gasteiger partial charge in [-0.15, -0.1) is 0 Å². The molecule has 3 heterocycles. The van der Waals surface area contributed by atoms with E-state index < -0.39 is 0 Å². The highest BCUT2D eigenvalue weighted by Crippen LogP contribution is 2.31. The van der Waals surface area contributed by atoms with Crippen LogP contribution in [-0.2, 0) is 19.5 Å². The number of fused-ring (bicyclic) bond motifs is 3. The van der Waals surface area contributed by atoms with Gasteiger partial charge in [-0.05, 0) is 73.2 Å². The van der Waals surface area contributed by atoms with Crippen molar-refractivity contribution in [3.05, 3.63) is 104 Å². The minimum absolute atomic E-state index is 0.101. The normalized spacial score (nSPS) is 18.6. The van der Waals surface area contributed by atoms with Crippen LogP contribution in [0.15, 0.2) is 66.9 Å². The van der Waals surface area contributed by atoms with E-state index in [4.69, 9.17) is 34.8 Å². The molecule has 2 saturated heterocycles. The Balaban J connectivity index is 1.09.